The topological polar surface area (TPSA) is 787 Å². The van der Waals surface area contributed by atoms with Crippen molar-refractivity contribution in [1.29, 1.82) is 0 Å². The average Bonchev–Trinajstić information content (AvgIpc) is 1.62. The van der Waals surface area contributed by atoms with Crippen molar-refractivity contribution in [3.63, 3.8) is 0 Å². The first-order chi connectivity index (χ1) is 58.8. The molecule has 6 unspecified atom stereocenters. The monoisotopic (exact) mass is 1730 g/mol. The van der Waals surface area contributed by atoms with Gasteiger partial charge in [-0.2, -0.15) is 24.1 Å². The van der Waals surface area contributed by atoms with Crippen LogP contribution in [-0.2, 0) is 28.4 Å². The summed E-state index contributed by atoms with van der Waals surface area (Å²) in [6.45, 7) is 1.54. The molecule has 6 aromatic heterocycles. The van der Waals surface area contributed by atoms with Gasteiger partial charge in [0, 0.05) is 24.0 Å². The van der Waals surface area contributed by atoms with Crippen molar-refractivity contribution in [1.82, 2.24) is 72.5 Å². The van der Waals surface area contributed by atoms with Crippen LogP contribution in [0, 0.1) is 83.8 Å². The maximum atomic E-state index is 13.3. The lowest BCUT2D eigenvalue weighted by atomic mass is 9.94. The molecule has 0 aromatic carbocycles. The molecule has 0 bridgehead atoms. The Kier molecular flexibility index (Phi) is 30.0. The van der Waals surface area contributed by atoms with E-state index in [2.05, 4.69) is 91.1 Å². The number of rotatable bonds is 12. The molecule has 0 amide bonds. The van der Waals surface area contributed by atoms with Crippen LogP contribution in [-0.4, -0.2) is 311 Å². The van der Waals surface area contributed by atoms with Crippen LogP contribution in [0.4, 0.5) is 4.39 Å². The van der Waals surface area contributed by atoms with Crippen LogP contribution in [0.3, 0.4) is 0 Å². The molecule has 6 saturated heterocycles. The second-order valence-corrected chi connectivity index (χ2v) is 26.1. The lowest BCUT2D eigenvalue weighted by Gasteiger charge is -2.27. The number of ether oxygens (including phenoxy) is 6. The van der Waals surface area contributed by atoms with Crippen LogP contribution in [0.15, 0.2) is 101 Å². The molecule has 122 heavy (non-hydrogen) atoms. The number of halogens is 1. The molecule has 52 heteroatoms. The highest BCUT2D eigenvalue weighted by atomic mass is 19.1. The number of aromatic amines is 6. The van der Waals surface area contributed by atoms with E-state index in [1.54, 1.807) is 4.98 Å². The molecular formula is C70H82FN15O36. The summed E-state index contributed by atoms with van der Waals surface area (Å²) in [5, 5.41) is 182. The van der Waals surface area contributed by atoms with Gasteiger partial charge in [0.2, 0.25) is 11.4 Å². The van der Waals surface area contributed by atoms with Crippen molar-refractivity contribution in [3.05, 3.63) is 180 Å². The van der Waals surface area contributed by atoms with E-state index < -0.39 is 257 Å². The van der Waals surface area contributed by atoms with E-state index in [4.69, 9.17) is 49.2 Å². The van der Waals surface area contributed by atoms with E-state index in [0.29, 0.717) is 20.0 Å². The van der Waals surface area contributed by atoms with Gasteiger partial charge in [-0.1, -0.05) is 35.5 Å². The van der Waals surface area contributed by atoms with E-state index in [0.717, 1.165) is 50.9 Å². The number of hydrogen-bond donors (Lipinski definition) is 24. The average molecular weight is 1730 g/mol. The van der Waals surface area contributed by atoms with Crippen LogP contribution in [0.25, 0.3) is 0 Å². The molecule has 24 atom stereocenters. The second-order valence-electron chi connectivity index (χ2n) is 26.1. The summed E-state index contributed by atoms with van der Waals surface area (Å²) in [7, 11) is 0. The highest BCUT2D eigenvalue weighted by Gasteiger charge is 2.61. The molecule has 0 spiro atoms. The summed E-state index contributed by atoms with van der Waals surface area (Å²) >= 11 is 0. The number of aliphatic hydroxyl groups excluding tert-OH is 10. The van der Waals surface area contributed by atoms with E-state index in [9.17, 15) is 139 Å². The van der Waals surface area contributed by atoms with Crippen LogP contribution in [0.1, 0.15) is 90.1 Å². The van der Waals surface area contributed by atoms with Crippen molar-refractivity contribution in [3.8, 4) is 71.0 Å². The van der Waals surface area contributed by atoms with Gasteiger partial charge < -0.3 is 120 Å². The molecule has 6 fully saturated rings. The van der Waals surface area contributed by atoms with E-state index in [1.165, 1.54) is 48.5 Å². The first-order valence-electron chi connectivity index (χ1n) is 36.8. The van der Waals surface area contributed by atoms with Gasteiger partial charge in [0.15, 0.2) is 65.4 Å². The molecule has 6 aromatic rings. The van der Waals surface area contributed by atoms with Gasteiger partial charge in [0.1, 0.15) is 92.1 Å². The van der Waals surface area contributed by atoms with Gasteiger partial charge in [0.25, 0.3) is 22.2 Å². The lowest BCUT2D eigenvalue weighted by Crippen LogP contribution is -2.49. The largest absolute Gasteiger partial charge is 0.394 e. The highest BCUT2D eigenvalue weighted by molar-refractivity contribution is 5.27. The number of aromatic nitrogens is 15. The Morgan fingerprint density at radius 3 is 1.07 bits per heavy atom. The smallest absolute Gasteiger partial charge is 0.350 e. The van der Waals surface area contributed by atoms with Crippen molar-refractivity contribution in [2.24, 2.45) is 0 Å². The van der Waals surface area contributed by atoms with E-state index in [-0.39, 0.29) is 5.69 Å². The molecule has 0 aliphatic carbocycles. The highest BCUT2D eigenvalue weighted by Crippen LogP contribution is 2.43. The predicted molar refractivity (Wildman–Crippen MR) is 398 cm³/mol. The number of aryl methyl sites for hydroxylation is 1. The van der Waals surface area contributed by atoms with Crippen LogP contribution < -0.4 is 67.8 Å². The van der Waals surface area contributed by atoms with Crippen LogP contribution in [0.2, 0.25) is 0 Å². The van der Waals surface area contributed by atoms with Crippen molar-refractivity contribution in [2.75, 3.05) is 39.5 Å². The van der Waals surface area contributed by atoms with Crippen molar-refractivity contribution < 1.29 is 130 Å². The summed E-state index contributed by atoms with van der Waals surface area (Å²) < 4.78 is 77.9. The summed E-state index contributed by atoms with van der Waals surface area (Å²) in [4.78, 5) is 155. The molecule has 51 nitrogen and oxygen atoms in total. The summed E-state index contributed by atoms with van der Waals surface area (Å²) in [5.74, 6) is 27.0. The third kappa shape index (κ3) is 19.5. The SMILES string of the molecule is CC#CC1(O)[C@@H](O)[C@@H](CO)O[C@H]1n1c(C)cc(=O)[nH]c1=O.CC#CC1(O)[C@@H](O)[C@@H](CO)O[C@H]1n1cc(F)c(=O)[nH]c1=O.CC#CC1(O)[C@@H](O)[C@@H](CO)O[C@H]1n1cnc(=O)[nH]c1=O.CC#CC1(O)[C@@H](O)[C@@H](CO)O[C@H]1n1ncc(=O)[nH]c1=O.[2H]C([2H])(O)[C@H]1O[C@@H](n2ccc(=O)[nH]c2=O)C(O)(C#CC)[C@H]1O.[2H]C([2H])(O)[C@H]1O[C@@H](n2cnc(=O)[nH]c2=O)C(O)(C#CC)[C@H]1O. The minimum atomic E-state index is -3.00. The van der Waals surface area contributed by atoms with Gasteiger partial charge in [-0.3, -0.25) is 71.9 Å². The molecule has 0 radical (unpaired) electrons. The van der Waals surface area contributed by atoms with Gasteiger partial charge in [-0.15, -0.1) is 35.5 Å². The molecule has 660 valence electrons. The van der Waals surface area contributed by atoms with E-state index in [1.807, 2.05) is 19.9 Å². The van der Waals surface area contributed by atoms with Gasteiger partial charge >= 0.3 is 45.5 Å². The normalized spacial score (nSPS) is 33.1. The van der Waals surface area contributed by atoms with E-state index >= 15 is 0 Å². The molecule has 0 saturated carbocycles. The van der Waals surface area contributed by atoms with Gasteiger partial charge in [-0.05, 0) is 48.5 Å². The Bertz CT molecular complexity index is 5930. The molecular weight excluding hydrogens is 1650 g/mol. The molecule has 12 heterocycles. The fourth-order valence-electron chi connectivity index (χ4n) is 12.6. The first-order valence-corrected chi connectivity index (χ1v) is 34.8. The molecule has 12 rings (SSSR count). The number of nitrogens with zero attached hydrogens (tertiary/aromatic N) is 9. The number of nitrogens with one attached hydrogen (secondary N) is 6. The third-order valence-electron chi connectivity index (χ3n) is 18.3. The summed E-state index contributed by atoms with van der Waals surface area (Å²) in [6, 6.07) is 2.14. The zero-order valence-corrected chi connectivity index (χ0v) is 64.1. The zero-order chi connectivity index (χ0) is 94.8. The zero-order valence-electron chi connectivity index (χ0n) is 68.1. The Morgan fingerprint density at radius 1 is 0.410 bits per heavy atom. The lowest BCUT2D eigenvalue weighted by molar-refractivity contribution is -0.0838. The molecule has 6 aliphatic rings. The molecule has 24 N–H and O–H groups in total. The predicted octanol–water partition coefficient (Wildman–Crippen LogP) is -16.1. The number of hydrogen-bond acceptors (Lipinski definition) is 39. The van der Waals surface area contributed by atoms with Crippen molar-refractivity contribution >= 4 is 0 Å². The van der Waals surface area contributed by atoms with Crippen molar-refractivity contribution in [2.45, 2.75) is 193 Å². The Labute approximate surface area is 684 Å². The minimum absolute atomic E-state index is 0.232. The van der Waals surface area contributed by atoms with Gasteiger partial charge in [0.05, 0.1) is 51.2 Å². The van der Waals surface area contributed by atoms with Gasteiger partial charge in [-0.25, -0.2) is 38.4 Å². The standard InChI is InChI=1S/C13H16N2O6.C12H13FN2O6.C12H14N2O6.3C11H13N3O6/c1-3-4-13(20)10(18)8(6-16)21-11(13)15-7(2)5-9(17)14-12(15)19;1-2-3-12(20)8(17)7(5-16)21-10(12)15-4-6(13)9(18)14-11(15)19;1-2-4-12(19)9(17)7(6-15)20-10(12)14-5-3-8(16)13-11(14)18;1-2-3-11(19)8(17)6(5-15)20-9(11)14-10(18)13-7(16)4-12-14;2*1-2-3-11(19)7(16)6(4-15)20-8(11)14-5-12-9(17)13-10(14)18/h5,8,10-11,16,18,20H,6H2,1-2H3,(H,14,17,19);4,7-8,10,16-17,20H,5H2,1H3,(H,14,18,19);3,5,7,9-10,15,17,19H,6H2,1H3,(H,13,16,18);4,6,8-9,15,17,19H,5H2,1H3,(H,13,16,18);2*5-8,15-16,19H,4H2,1H3,(H,13,17,18)/t8-,10+,11-,13?;7-,8+,10-,12?;7-,9+,10-,12?;6-,8+,9-,11?;2*6-,7+,8-,11?/m111111/s1/i;;6D2;;4D2;. The Hall–Kier alpha value is -11.8. The fourth-order valence-corrected chi connectivity index (χ4v) is 12.6. The third-order valence-corrected chi connectivity index (χ3v) is 18.3. The van der Waals surface area contributed by atoms with Crippen LogP contribution >= 0.6 is 0 Å². The van der Waals surface area contributed by atoms with Crippen LogP contribution in [0.5, 0.6) is 0 Å². The maximum Gasteiger partial charge on any atom is 0.350 e. The minimum Gasteiger partial charge on any atom is -0.394 e. The second kappa shape index (κ2) is 40.3. The quantitative estimate of drug-likeness (QED) is 0.0506. The number of aliphatic hydroxyl groups is 18. The summed E-state index contributed by atoms with van der Waals surface area (Å²) in [6.07, 6.45) is -23.4. The Balaban J connectivity index is 0.000000208. The fraction of sp³-hybridized carbons (Fsp3) is 0.529. The maximum absolute atomic E-state index is 13.3. The Morgan fingerprint density at radius 2 is 0.721 bits per heavy atom. The molecule has 6 aliphatic heterocycles. The summed E-state index contributed by atoms with van der Waals surface area (Å²) in [5.41, 5.74) is -23.6. The first kappa shape index (κ1) is 91.0. The number of H-pyrrole nitrogens is 6.